The van der Waals surface area contributed by atoms with Crippen LogP contribution >= 0.6 is 28.3 Å². The van der Waals surface area contributed by atoms with Crippen LogP contribution in [0.2, 0.25) is 0 Å². The molecule has 0 atom stereocenters. The fourth-order valence-corrected chi connectivity index (χ4v) is 3.49. The molecule has 4 aromatic rings. The number of phenols is 1. The van der Waals surface area contributed by atoms with Gasteiger partial charge in [-0.25, -0.2) is 4.79 Å². The molecule has 4 rings (SSSR count). The molecule has 28 heavy (non-hydrogen) atoms. The number of rotatable bonds is 4. The Labute approximate surface area is 176 Å². The number of hydrogen-bond acceptors (Lipinski definition) is 4. The molecule has 0 bridgehead atoms. The molecule has 1 aromatic heterocycles. The van der Waals surface area contributed by atoms with E-state index in [4.69, 9.17) is 4.42 Å². The van der Waals surface area contributed by atoms with Gasteiger partial charge in [-0.05, 0) is 41.5 Å². The van der Waals surface area contributed by atoms with Gasteiger partial charge in [0, 0.05) is 28.2 Å². The van der Waals surface area contributed by atoms with E-state index in [1.54, 1.807) is 12.1 Å². The standard InChI is InChI=1S/C22H16BrNO3.ClH/c23-15-7-4-8-16(11-15)24-13-19-20(25)10-9-17-18(12-21(26)27-22(17)19)14-5-2-1-3-6-14;/h1-12,24-25H,13H2;1H. The first-order valence-electron chi connectivity index (χ1n) is 8.45. The molecule has 0 fully saturated rings. The molecule has 0 saturated carbocycles. The third-order valence-electron chi connectivity index (χ3n) is 4.37. The van der Waals surface area contributed by atoms with Crippen molar-refractivity contribution in [2.75, 3.05) is 5.32 Å². The second-order valence-corrected chi connectivity index (χ2v) is 7.06. The zero-order chi connectivity index (χ0) is 18.8. The summed E-state index contributed by atoms with van der Waals surface area (Å²) in [5.41, 5.74) is 3.08. The van der Waals surface area contributed by atoms with E-state index in [0.29, 0.717) is 17.7 Å². The number of anilines is 1. The summed E-state index contributed by atoms with van der Waals surface area (Å²) in [6, 6.07) is 22.3. The van der Waals surface area contributed by atoms with Gasteiger partial charge in [-0.15, -0.1) is 12.4 Å². The van der Waals surface area contributed by atoms with Crippen LogP contribution in [0, 0.1) is 0 Å². The predicted octanol–water partition coefficient (Wildman–Crippen LogP) is 5.96. The number of benzene rings is 3. The fourth-order valence-electron chi connectivity index (χ4n) is 3.09. The maximum atomic E-state index is 12.2. The molecule has 6 heteroatoms. The smallest absolute Gasteiger partial charge is 0.336 e. The second-order valence-electron chi connectivity index (χ2n) is 6.15. The Bertz CT molecular complexity index is 1180. The number of fused-ring (bicyclic) bond motifs is 1. The van der Waals surface area contributed by atoms with Crippen LogP contribution in [0.5, 0.6) is 5.75 Å². The first-order valence-corrected chi connectivity index (χ1v) is 9.25. The van der Waals surface area contributed by atoms with Crippen LogP contribution in [0.1, 0.15) is 5.56 Å². The summed E-state index contributed by atoms with van der Waals surface area (Å²) in [5, 5.41) is 14.4. The van der Waals surface area contributed by atoms with Gasteiger partial charge < -0.3 is 14.8 Å². The summed E-state index contributed by atoms with van der Waals surface area (Å²) >= 11 is 3.44. The van der Waals surface area contributed by atoms with Crippen LogP contribution in [0.4, 0.5) is 5.69 Å². The lowest BCUT2D eigenvalue weighted by atomic mass is 9.99. The van der Waals surface area contributed by atoms with Gasteiger partial charge in [-0.3, -0.25) is 0 Å². The van der Waals surface area contributed by atoms with Gasteiger partial charge in [0.15, 0.2) is 0 Å². The van der Waals surface area contributed by atoms with Crippen molar-refractivity contribution in [1.82, 2.24) is 0 Å². The molecule has 0 amide bonds. The van der Waals surface area contributed by atoms with Crippen LogP contribution in [0.25, 0.3) is 22.1 Å². The highest BCUT2D eigenvalue weighted by molar-refractivity contribution is 9.10. The van der Waals surface area contributed by atoms with Crippen molar-refractivity contribution in [1.29, 1.82) is 0 Å². The van der Waals surface area contributed by atoms with Crippen LogP contribution in [0.3, 0.4) is 0 Å². The quantitative estimate of drug-likeness (QED) is 0.370. The predicted molar refractivity (Wildman–Crippen MR) is 118 cm³/mol. The highest BCUT2D eigenvalue weighted by Gasteiger charge is 2.14. The number of aromatic hydroxyl groups is 1. The lowest BCUT2D eigenvalue weighted by Crippen LogP contribution is -2.04. The van der Waals surface area contributed by atoms with Gasteiger partial charge in [0.05, 0.1) is 5.56 Å². The van der Waals surface area contributed by atoms with Crippen molar-refractivity contribution < 1.29 is 9.52 Å². The third-order valence-corrected chi connectivity index (χ3v) is 4.86. The average Bonchev–Trinajstić information content (AvgIpc) is 2.67. The summed E-state index contributed by atoms with van der Waals surface area (Å²) in [7, 11) is 0. The summed E-state index contributed by atoms with van der Waals surface area (Å²) in [5.74, 6) is 0.0818. The third kappa shape index (κ3) is 4.06. The molecular formula is C22H17BrClNO3. The van der Waals surface area contributed by atoms with E-state index in [-0.39, 0.29) is 18.2 Å². The highest BCUT2D eigenvalue weighted by atomic mass is 79.9. The van der Waals surface area contributed by atoms with Crippen LogP contribution in [0.15, 0.2) is 86.5 Å². The Morgan fingerprint density at radius 3 is 2.50 bits per heavy atom. The molecule has 0 aliphatic heterocycles. The lowest BCUT2D eigenvalue weighted by molar-refractivity contribution is 0.466. The topological polar surface area (TPSA) is 62.5 Å². The molecule has 4 nitrogen and oxygen atoms in total. The SMILES string of the molecule is Cl.O=c1cc(-c2ccccc2)c2ccc(O)c(CNc3cccc(Br)c3)c2o1. The molecule has 0 aliphatic carbocycles. The van der Waals surface area contributed by atoms with Gasteiger partial charge in [0.25, 0.3) is 0 Å². The van der Waals surface area contributed by atoms with Crippen molar-refractivity contribution in [3.05, 3.63) is 93.3 Å². The first kappa shape index (κ1) is 20.0. The number of hydrogen-bond donors (Lipinski definition) is 2. The minimum atomic E-state index is -0.448. The normalized spacial score (nSPS) is 10.5. The molecule has 0 spiro atoms. The van der Waals surface area contributed by atoms with E-state index in [1.165, 1.54) is 6.07 Å². The van der Waals surface area contributed by atoms with Crippen molar-refractivity contribution in [2.45, 2.75) is 6.54 Å². The molecule has 0 saturated heterocycles. The largest absolute Gasteiger partial charge is 0.507 e. The monoisotopic (exact) mass is 457 g/mol. The maximum Gasteiger partial charge on any atom is 0.336 e. The molecule has 2 N–H and O–H groups in total. The van der Waals surface area contributed by atoms with Gasteiger partial charge >= 0.3 is 5.63 Å². The molecular weight excluding hydrogens is 442 g/mol. The minimum Gasteiger partial charge on any atom is -0.507 e. The zero-order valence-electron chi connectivity index (χ0n) is 14.7. The minimum absolute atomic E-state index is 0. The van der Waals surface area contributed by atoms with Crippen molar-refractivity contribution >= 4 is 45.0 Å². The van der Waals surface area contributed by atoms with E-state index in [9.17, 15) is 9.90 Å². The van der Waals surface area contributed by atoms with E-state index in [1.807, 2.05) is 54.6 Å². The molecule has 1 heterocycles. The Hall–Kier alpha value is -2.76. The summed E-state index contributed by atoms with van der Waals surface area (Å²) in [6.07, 6.45) is 0. The average molecular weight is 459 g/mol. The van der Waals surface area contributed by atoms with E-state index in [0.717, 1.165) is 26.7 Å². The fraction of sp³-hybridized carbons (Fsp3) is 0.0455. The van der Waals surface area contributed by atoms with Crippen LogP contribution in [-0.4, -0.2) is 5.11 Å². The van der Waals surface area contributed by atoms with E-state index < -0.39 is 5.63 Å². The van der Waals surface area contributed by atoms with Gasteiger partial charge in [0.2, 0.25) is 0 Å². The van der Waals surface area contributed by atoms with Gasteiger partial charge in [-0.1, -0.05) is 52.3 Å². The second kappa shape index (κ2) is 8.50. The molecule has 0 radical (unpaired) electrons. The Morgan fingerprint density at radius 1 is 0.964 bits per heavy atom. The maximum absolute atomic E-state index is 12.2. The number of phenolic OH excluding ortho intramolecular Hbond substituents is 1. The number of nitrogens with one attached hydrogen (secondary N) is 1. The van der Waals surface area contributed by atoms with Gasteiger partial charge in [-0.2, -0.15) is 0 Å². The summed E-state index contributed by atoms with van der Waals surface area (Å²) in [6.45, 7) is 0.320. The lowest BCUT2D eigenvalue weighted by Gasteiger charge is -2.12. The van der Waals surface area contributed by atoms with Crippen LogP contribution in [-0.2, 0) is 6.54 Å². The van der Waals surface area contributed by atoms with E-state index >= 15 is 0 Å². The Kier molecular flexibility index (Phi) is 6.07. The Morgan fingerprint density at radius 2 is 1.75 bits per heavy atom. The highest BCUT2D eigenvalue weighted by Crippen LogP contribution is 2.33. The molecule has 3 aromatic carbocycles. The Balaban J connectivity index is 0.00000225. The zero-order valence-corrected chi connectivity index (χ0v) is 17.1. The van der Waals surface area contributed by atoms with Crippen molar-refractivity contribution in [3.63, 3.8) is 0 Å². The molecule has 0 aliphatic rings. The van der Waals surface area contributed by atoms with Crippen LogP contribution < -0.4 is 10.9 Å². The van der Waals surface area contributed by atoms with E-state index in [2.05, 4.69) is 21.2 Å². The van der Waals surface area contributed by atoms with Gasteiger partial charge in [0.1, 0.15) is 11.3 Å². The first-order chi connectivity index (χ1) is 13.1. The summed E-state index contributed by atoms with van der Waals surface area (Å²) in [4.78, 5) is 12.2. The molecule has 142 valence electrons. The molecule has 0 unspecified atom stereocenters. The summed E-state index contributed by atoms with van der Waals surface area (Å²) < 4.78 is 6.43. The number of halogens is 2. The van der Waals surface area contributed by atoms with Crippen molar-refractivity contribution in [3.8, 4) is 16.9 Å². The van der Waals surface area contributed by atoms with Crippen molar-refractivity contribution in [2.24, 2.45) is 0 Å².